The first-order chi connectivity index (χ1) is 15.4. The fraction of sp³-hybridized carbons (Fsp3) is 0.333. The number of pyridine rings is 1. The van der Waals surface area contributed by atoms with Crippen LogP contribution in [0.15, 0.2) is 35.3 Å². The number of carbonyl (C=O) groups excluding carboxylic acids is 1. The van der Waals surface area contributed by atoms with E-state index in [2.05, 4.69) is 51.6 Å². The van der Waals surface area contributed by atoms with Crippen molar-refractivity contribution in [3.8, 4) is 0 Å². The van der Waals surface area contributed by atoms with Gasteiger partial charge < -0.3 is 5.32 Å². The smallest absolute Gasteiger partial charge is 0.273 e. The maximum atomic E-state index is 12.6. The second kappa shape index (κ2) is 9.08. The molecule has 0 spiro atoms. The molecule has 0 unspecified atom stereocenters. The number of hydrogen-bond donors (Lipinski definition) is 2. The van der Waals surface area contributed by atoms with E-state index in [1.54, 1.807) is 11.7 Å². The van der Waals surface area contributed by atoms with Gasteiger partial charge in [-0.05, 0) is 48.9 Å². The normalized spacial score (nSPS) is 11.2. The van der Waals surface area contributed by atoms with Crippen molar-refractivity contribution < 1.29 is 4.79 Å². The number of aromatic amines is 1. The number of thiazole rings is 1. The summed E-state index contributed by atoms with van der Waals surface area (Å²) in [6.07, 6.45) is 4.46. The maximum absolute atomic E-state index is 12.6. The lowest BCUT2D eigenvalue weighted by Crippen LogP contribution is -2.13. The number of H-pyrrole nitrogens is 1. The zero-order valence-electron chi connectivity index (χ0n) is 18.8. The van der Waals surface area contributed by atoms with Crippen LogP contribution < -0.4 is 10.9 Å². The number of benzene rings is 1. The highest BCUT2D eigenvalue weighted by atomic mass is 32.1. The van der Waals surface area contributed by atoms with Crippen LogP contribution in [0.3, 0.4) is 0 Å². The molecule has 1 amide bonds. The minimum absolute atomic E-state index is 0.0975. The molecule has 3 aromatic heterocycles. The standard InChI is InChI=1S/C24H27N5O2S/c1-5-16-7-6-8-17(11-16)12-18-13-25-24(32-18)27-20(30)10-9-19-14(2)21-22(26-15(19)3)29(4)28-23(21)31/h6-8,11,13H,5,9-10,12H2,1-4H3,(H,28,31)(H,25,27,30). The molecule has 7 nitrogen and oxygen atoms in total. The molecule has 32 heavy (non-hydrogen) atoms. The van der Waals surface area contributed by atoms with E-state index in [4.69, 9.17) is 0 Å². The van der Waals surface area contributed by atoms with Gasteiger partial charge in [-0.1, -0.05) is 31.2 Å². The fourth-order valence-electron chi connectivity index (χ4n) is 4.04. The van der Waals surface area contributed by atoms with Gasteiger partial charge in [0.15, 0.2) is 10.8 Å². The monoisotopic (exact) mass is 449 g/mol. The Balaban J connectivity index is 1.41. The molecule has 0 aliphatic rings. The molecule has 0 saturated carbocycles. The van der Waals surface area contributed by atoms with Gasteiger partial charge in [0.2, 0.25) is 5.91 Å². The molecule has 8 heteroatoms. The largest absolute Gasteiger partial charge is 0.302 e. The van der Waals surface area contributed by atoms with Crippen molar-refractivity contribution >= 4 is 33.4 Å². The number of nitrogens with one attached hydrogen (secondary N) is 2. The lowest BCUT2D eigenvalue weighted by molar-refractivity contribution is -0.116. The number of hydrogen-bond acceptors (Lipinski definition) is 5. The number of aryl methyl sites for hydroxylation is 4. The van der Waals surface area contributed by atoms with Crippen LogP contribution in [0.25, 0.3) is 11.0 Å². The minimum Gasteiger partial charge on any atom is -0.302 e. The van der Waals surface area contributed by atoms with Gasteiger partial charge in [0, 0.05) is 36.7 Å². The summed E-state index contributed by atoms with van der Waals surface area (Å²) < 4.78 is 1.63. The Labute approximate surface area is 190 Å². The van der Waals surface area contributed by atoms with Gasteiger partial charge in [-0.15, -0.1) is 11.3 Å². The predicted molar refractivity (Wildman–Crippen MR) is 128 cm³/mol. The third kappa shape index (κ3) is 4.50. The van der Waals surface area contributed by atoms with Gasteiger partial charge in [0.05, 0.1) is 5.39 Å². The van der Waals surface area contributed by atoms with E-state index in [1.807, 2.05) is 20.0 Å². The molecule has 1 aromatic carbocycles. The highest BCUT2D eigenvalue weighted by Crippen LogP contribution is 2.23. The highest BCUT2D eigenvalue weighted by molar-refractivity contribution is 7.15. The first-order valence-corrected chi connectivity index (χ1v) is 11.5. The lowest BCUT2D eigenvalue weighted by atomic mass is 10.0. The van der Waals surface area contributed by atoms with Gasteiger partial charge in [-0.2, -0.15) is 0 Å². The highest BCUT2D eigenvalue weighted by Gasteiger charge is 2.16. The summed E-state index contributed by atoms with van der Waals surface area (Å²) in [7, 11) is 1.77. The summed E-state index contributed by atoms with van der Waals surface area (Å²) in [5, 5.41) is 6.85. The first kappa shape index (κ1) is 22.0. The van der Waals surface area contributed by atoms with Crippen molar-refractivity contribution in [2.24, 2.45) is 7.05 Å². The van der Waals surface area contributed by atoms with Crippen molar-refractivity contribution in [1.82, 2.24) is 19.7 Å². The van der Waals surface area contributed by atoms with Crippen LogP contribution >= 0.6 is 11.3 Å². The van der Waals surface area contributed by atoms with Crippen LogP contribution in [0.1, 0.15) is 46.2 Å². The molecular weight excluding hydrogens is 422 g/mol. The van der Waals surface area contributed by atoms with Crippen LogP contribution in [0.2, 0.25) is 0 Å². The average molecular weight is 450 g/mol. The van der Waals surface area contributed by atoms with Crippen LogP contribution in [-0.2, 0) is 31.1 Å². The van der Waals surface area contributed by atoms with Crippen LogP contribution in [0, 0.1) is 13.8 Å². The number of fused-ring (bicyclic) bond motifs is 1. The topological polar surface area (TPSA) is 92.7 Å². The molecule has 4 rings (SSSR count). The molecule has 0 bridgehead atoms. The number of amides is 1. The van der Waals surface area contributed by atoms with Gasteiger partial charge >= 0.3 is 0 Å². The quantitative estimate of drug-likeness (QED) is 0.445. The molecular formula is C24H27N5O2S. The molecule has 3 heterocycles. The molecule has 166 valence electrons. The summed E-state index contributed by atoms with van der Waals surface area (Å²) >= 11 is 1.50. The van der Waals surface area contributed by atoms with Gasteiger partial charge in [-0.25, -0.2) is 9.97 Å². The van der Waals surface area contributed by atoms with Gasteiger partial charge in [0.25, 0.3) is 5.56 Å². The summed E-state index contributed by atoms with van der Waals surface area (Å²) in [5.41, 5.74) is 5.71. The third-order valence-electron chi connectivity index (χ3n) is 5.76. The molecule has 0 atom stereocenters. The second-order valence-electron chi connectivity index (χ2n) is 8.03. The van der Waals surface area contributed by atoms with Crippen molar-refractivity contribution in [1.29, 1.82) is 0 Å². The Bertz CT molecular complexity index is 1350. The number of anilines is 1. The van der Waals surface area contributed by atoms with E-state index in [0.29, 0.717) is 29.0 Å². The minimum atomic E-state index is -0.155. The Kier molecular flexibility index (Phi) is 6.23. The van der Waals surface area contributed by atoms with Crippen molar-refractivity contribution in [3.63, 3.8) is 0 Å². The van der Waals surface area contributed by atoms with E-state index < -0.39 is 0 Å². The molecule has 0 saturated heterocycles. The molecule has 0 aliphatic carbocycles. The van der Waals surface area contributed by atoms with Crippen molar-refractivity contribution in [2.75, 3.05) is 5.32 Å². The summed E-state index contributed by atoms with van der Waals surface area (Å²) in [5.74, 6) is -0.0975. The van der Waals surface area contributed by atoms with Gasteiger partial charge in [-0.3, -0.25) is 19.4 Å². The number of rotatable bonds is 7. The third-order valence-corrected chi connectivity index (χ3v) is 6.67. The van der Waals surface area contributed by atoms with E-state index in [-0.39, 0.29) is 11.5 Å². The Morgan fingerprint density at radius 2 is 2.03 bits per heavy atom. The van der Waals surface area contributed by atoms with Crippen LogP contribution in [-0.4, -0.2) is 25.7 Å². The molecule has 0 aliphatic heterocycles. The number of aromatic nitrogens is 4. The summed E-state index contributed by atoms with van der Waals surface area (Å²) in [6, 6.07) is 8.54. The van der Waals surface area contributed by atoms with E-state index >= 15 is 0 Å². The number of carbonyl (C=O) groups is 1. The van der Waals surface area contributed by atoms with E-state index in [0.717, 1.165) is 34.5 Å². The summed E-state index contributed by atoms with van der Waals surface area (Å²) in [6.45, 7) is 5.98. The molecule has 2 N–H and O–H groups in total. The predicted octanol–water partition coefficient (Wildman–Crippen LogP) is 4.06. The lowest BCUT2D eigenvalue weighted by Gasteiger charge is -2.10. The Hall–Kier alpha value is -3.26. The zero-order chi connectivity index (χ0) is 22.8. The van der Waals surface area contributed by atoms with Crippen LogP contribution in [0.4, 0.5) is 5.13 Å². The zero-order valence-corrected chi connectivity index (χ0v) is 19.6. The van der Waals surface area contributed by atoms with Crippen LogP contribution in [0.5, 0.6) is 0 Å². The average Bonchev–Trinajstić information content (AvgIpc) is 3.30. The molecule has 4 aromatic rings. The van der Waals surface area contributed by atoms with E-state index in [9.17, 15) is 9.59 Å². The first-order valence-electron chi connectivity index (χ1n) is 10.7. The maximum Gasteiger partial charge on any atom is 0.273 e. The molecule has 0 fully saturated rings. The van der Waals surface area contributed by atoms with E-state index in [1.165, 1.54) is 22.5 Å². The van der Waals surface area contributed by atoms with Crippen molar-refractivity contribution in [3.05, 3.63) is 73.6 Å². The number of nitrogens with zero attached hydrogens (tertiary/aromatic N) is 3. The van der Waals surface area contributed by atoms with Gasteiger partial charge in [0.1, 0.15) is 0 Å². The SMILES string of the molecule is CCc1cccc(Cc2cnc(NC(=O)CCc3c(C)nc4c(c3C)c(=O)[nH]n4C)s2)c1. The van der Waals surface area contributed by atoms with Crippen molar-refractivity contribution in [2.45, 2.75) is 46.5 Å². The Morgan fingerprint density at radius 3 is 2.81 bits per heavy atom. The fourth-order valence-corrected chi connectivity index (χ4v) is 4.91. The summed E-state index contributed by atoms with van der Waals surface area (Å²) in [4.78, 5) is 34.8. The molecule has 0 radical (unpaired) electrons. The Morgan fingerprint density at radius 1 is 1.25 bits per heavy atom. The second-order valence-corrected chi connectivity index (χ2v) is 9.14.